The first kappa shape index (κ1) is 19.8. The summed E-state index contributed by atoms with van der Waals surface area (Å²) in [7, 11) is 9.54. The van der Waals surface area contributed by atoms with Gasteiger partial charge in [0.15, 0.2) is 23.0 Å². The van der Waals surface area contributed by atoms with Crippen LogP contribution >= 0.6 is 0 Å². The smallest absolute Gasteiger partial charge is 0.203 e. The zero-order valence-corrected chi connectivity index (χ0v) is 17.2. The van der Waals surface area contributed by atoms with Gasteiger partial charge in [-0.05, 0) is 24.6 Å². The van der Waals surface area contributed by atoms with Crippen molar-refractivity contribution in [1.82, 2.24) is 0 Å². The summed E-state index contributed by atoms with van der Waals surface area (Å²) < 4.78 is 39.3. The summed E-state index contributed by atoms with van der Waals surface area (Å²) in [5.74, 6) is 3.93. The number of methoxy groups -OCH3 is 6. The van der Waals surface area contributed by atoms with E-state index in [1.54, 1.807) is 42.7 Å². The predicted octanol–water partition coefficient (Wildman–Crippen LogP) is 3.65. The van der Waals surface area contributed by atoms with Gasteiger partial charge in [0.2, 0.25) is 11.5 Å². The van der Waals surface area contributed by atoms with Gasteiger partial charge in [-0.2, -0.15) is 0 Å². The maximum Gasteiger partial charge on any atom is 0.203 e. The molecule has 152 valence electrons. The standard InChI is InChI=1S/C21H26O7/c1-11-17(12-8-14(22-2)19(25-5)15(9-12)23-3)18-13(28-11)10-16(24-4)20(26-6)21(18)27-7/h8-11,17H,1-7H3/t11-,17?/m0/s1. The molecule has 7 heteroatoms. The minimum absolute atomic E-state index is 0.126. The molecule has 1 unspecified atom stereocenters. The Morgan fingerprint density at radius 3 is 1.61 bits per heavy atom. The van der Waals surface area contributed by atoms with E-state index in [0.717, 1.165) is 11.1 Å². The van der Waals surface area contributed by atoms with E-state index in [9.17, 15) is 0 Å². The second-order valence-corrected chi connectivity index (χ2v) is 6.32. The van der Waals surface area contributed by atoms with Gasteiger partial charge >= 0.3 is 0 Å². The molecule has 0 saturated carbocycles. The Hall–Kier alpha value is -2.96. The van der Waals surface area contributed by atoms with Crippen molar-refractivity contribution in [1.29, 1.82) is 0 Å². The molecular formula is C21H26O7. The fraction of sp³-hybridized carbons (Fsp3) is 0.429. The summed E-state index contributed by atoms with van der Waals surface area (Å²) in [6.45, 7) is 2.01. The highest BCUT2D eigenvalue weighted by molar-refractivity contribution is 5.67. The lowest BCUT2D eigenvalue weighted by Crippen LogP contribution is -2.16. The maximum atomic E-state index is 6.13. The minimum atomic E-state index is -0.150. The Bertz CT molecular complexity index is 837. The Morgan fingerprint density at radius 2 is 1.14 bits per heavy atom. The number of hydrogen-bond acceptors (Lipinski definition) is 7. The van der Waals surface area contributed by atoms with Gasteiger partial charge in [-0.15, -0.1) is 0 Å². The van der Waals surface area contributed by atoms with E-state index >= 15 is 0 Å². The average molecular weight is 390 g/mol. The Balaban J connectivity index is 2.24. The molecule has 0 fully saturated rings. The van der Waals surface area contributed by atoms with Gasteiger partial charge in [0, 0.05) is 6.07 Å². The second kappa shape index (κ2) is 7.96. The molecule has 2 atom stereocenters. The topological polar surface area (TPSA) is 64.6 Å². The van der Waals surface area contributed by atoms with Crippen molar-refractivity contribution in [3.05, 3.63) is 29.3 Å². The Kier molecular flexibility index (Phi) is 5.63. The third-order valence-electron chi connectivity index (χ3n) is 4.97. The Morgan fingerprint density at radius 1 is 0.643 bits per heavy atom. The maximum absolute atomic E-state index is 6.13. The summed E-state index contributed by atoms with van der Waals surface area (Å²) in [5.41, 5.74) is 1.84. The zero-order chi connectivity index (χ0) is 20.4. The van der Waals surface area contributed by atoms with Crippen LogP contribution in [0.1, 0.15) is 24.0 Å². The minimum Gasteiger partial charge on any atom is -0.493 e. The van der Waals surface area contributed by atoms with Crippen molar-refractivity contribution in [3.8, 4) is 40.2 Å². The lowest BCUT2D eigenvalue weighted by Gasteiger charge is -2.21. The fourth-order valence-electron chi connectivity index (χ4n) is 3.77. The zero-order valence-electron chi connectivity index (χ0n) is 17.2. The molecule has 0 radical (unpaired) electrons. The molecule has 2 aromatic rings. The molecular weight excluding hydrogens is 364 g/mol. The summed E-state index contributed by atoms with van der Waals surface area (Å²) in [6.07, 6.45) is -0.150. The first-order chi connectivity index (χ1) is 13.5. The molecule has 1 heterocycles. The fourth-order valence-corrected chi connectivity index (χ4v) is 3.77. The second-order valence-electron chi connectivity index (χ2n) is 6.32. The van der Waals surface area contributed by atoms with Crippen LogP contribution in [0.15, 0.2) is 18.2 Å². The van der Waals surface area contributed by atoms with E-state index in [1.807, 2.05) is 25.1 Å². The molecule has 3 rings (SSSR count). The number of rotatable bonds is 7. The van der Waals surface area contributed by atoms with Crippen molar-refractivity contribution in [2.45, 2.75) is 18.9 Å². The summed E-state index contributed by atoms with van der Waals surface area (Å²) in [4.78, 5) is 0. The highest BCUT2D eigenvalue weighted by Crippen LogP contribution is 2.55. The molecule has 0 spiro atoms. The van der Waals surface area contributed by atoms with Crippen molar-refractivity contribution in [2.24, 2.45) is 0 Å². The van der Waals surface area contributed by atoms with Crippen molar-refractivity contribution < 1.29 is 33.2 Å². The van der Waals surface area contributed by atoms with Crippen LogP contribution < -0.4 is 33.2 Å². The number of fused-ring (bicyclic) bond motifs is 1. The summed E-state index contributed by atoms with van der Waals surface area (Å²) in [5, 5.41) is 0. The monoisotopic (exact) mass is 390 g/mol. The van der Waals surface area contributed by atoms with Crippen LogP contribution in [0, 0.1) is 0 Å². The molecule has 7 nitrogen and oxygen atoms in total. The largest absolute Gasteiger partial charge is 0.493 e. The van der Waals surface area contributed by atoms with Crippen molar-refractivity contribution in [3.63, 3.8) is 0 Å². The van der Waals surface area contributed by atoms with E-state index in [-0.39, 0.29) is 12.0 Å². The average Bonchev–Trinajstić information content (AvgIpc) is 3.06. The summed E-state index contributed by atoms with van der Waals surface area (Å²) in [6, 6.07) is 5.68. The quantitative estimate of drug-likeness (QED) is 0.715. The highest BCUT2D eigenvalue weighted by Gasteiger charge is 2.39. The van der Waals surface area contributed by atoms with E-state index in [2.05, 4.69) is 0 Å². The first-order valence-corrected chi connectivity index (χ1v) is 8.83. The number of benzene rings is 2. The van der Waals surface area contributed by atoms with Gasteiger partial charge < -0.3 is 33.2 Å². The van der Waals surface area contributed by atoms with Crippen LogP contribution in [0.3, 0.4) is 0 Å². The van der Waals surface area contributed by atoms with Crippen LogP contribution in [-0.4, -0.2) is 48.8 Å². The molecule has 0 N–H and O–H groups in total. The van der Waals surface area contributed by atoms with Crippen molar-refractivity contribution in [2.75, 3.05) is 42.7 Å². The highest BCUT2D eigenvalue weighted by atomic mass is 16.5. The van der Waals surface area contributed by atoms with Gasteiger partial charge in [-0.3, -0.25) is 0 Å². The van der Waals surface area contributed by atoms with Crippen LogP contribution in [0.4, 0.5) is 0 Å². The molecule has 0 saturated heterocycles. The molecule has 1 aliphatic rings. The van der Waals surface area contributed by atoms with Gasteiger partial charge in [0.1, 0.15) is 11.9 Å². The van der Waals surface area contributed by atoms with E-state index in [0.29, 0.717) is 40.2 Å². The van der Waals surface area contributed by atoms with E-state index < -0.39 is 0 Å². The molecule has 1 aliphatic heterocycles. The van der Waals surface area contributed by atoms with Crippen LogP contribution in [-0.2, 0) is 0 Å². The molecule has 0 bridgehead atoms. The third kappa shape index (κ3) is 3.00. The number of hydrogen-bond donors (Lipinski definition) is 0. The van der Waals surface area contributed by atoms with Gasteiger partial charge in [-0.25, -0.2) is 0 Å². The van der Waals surface area contributed by atoms with Gasteiger partial charge in [0.25, 0.3) is 0 Å². The Labute approximate surface area is 165 Å². The molecule has 2 aromatic carbocycles. The molecule has 0 aromatic heterocycles. The summed E-state index contributed by atoms with van der Waals surface area (Å²) >= 11 is 0. The first-order valence-electron chi connectivity index (χ1n) is 8.83. The van der Waals surface area contributed by atoms with Crippen molar-refractivity contribution >= 4 is 0 Å². The van der Waals surface area contributed by atoms with Gasteiger partial charge in [-0.1, -0.05) is 0 Å². The van der Waals surface area contributed by atoms with E-state index in [1.165, 1.54) is 0 Å². The molecule has 28 heavy (non-hydrogen) atoms. The third-order valence-corrected chi connectivity index (χ3v) is 4.97. The molecule has 0 amide bonds. The molecule has 0 aliphatic carbocycles. The SMILES string of the molecule is COc1cc(C2c3c(cc(OC)c(OC)c3OC)O[C@H]2C)cc(OC)c1OC. The lowest BCUT2D eigenvalue weighted by atomic mass is 9.87. The normalized spacial score (nSPS) is 17.4. The number of ether oxygens (including phenoxy) is 7. The van der Waals surface area contributed by atoms with E-state index in [4.69, 9.17) is 33.2 Å². The predicted molar refractivity (Wildman–Crippen MR) is 104 cm³/mol. The van der Waals surface area contributed by atoms with Crippen LogP contribution in [0.2, 0.25) is 0 Å². The van der Waals surface area contributed by atoms with Crippen LogP contribution in [0.25, 0.3) is 0 Å². The van der Waals surface area contributed by atoms with Crippen LogP contribution in [0.5, 0.6) is 40.2 Å². The van der Waals surface area contributed by atoms with Gasteiger partial charge in [0.05, 0.1) is 54.1 Å². The lowest BCUT2D eigenvalue weighted by molar-refractivity contribution is 0.237.